The molecule has 116 valence electrons. The van der Waals surface area contributed by atoms with Gasteiger partial charge >= 0.3 is 5.97 Å². The van der Waals surface area contributed by atoms with Crippen LogP contribution in [0.5, 0.6) is 0 Å². The third-order valence-corrected chi connectivity index (χ3v) is 5.48. The minimum atomic E-state index is -0.760. The van der Waals surface area contributed by atoms with Crippen LogP contribution in [-0.4, -0.2) is 28.0 Å². The number of carbonyl (C=O) groups is 2. The predicted octanol–water partition coefficient (Wildman–Crippen LogP) is 1.98. The van der Waals surface area contributed by atoms with E-state index in [1.165, 1.54) is 11.3 Å². The number of carboxylic acids is 1. The molecule has 1 heterocycles. The maximum absolute atomic E-state index is 12.2. The van der Waals surface area contributed by atoms with Gasteiger partial charge in [0, 0.05) is 11.4 Å². The number of nitrogens with one attached hydrogen (secondary N) is 1. The zero-order valence-corrected chi connectivity index (χ0v) is 13.2. The third-order valence-electron chi connectivity index (χ3n) is 4.81. The molecular weight excluding hydrogens is 290 g/mol. The van der Waals surface area contributed by atoms with Crippen molar-refractivity contribution in [2.75, 3.05) is 5.73 Å². The fourth-order valence-electron chi connectivity index (χ4n) is 3.08. The molecule has 1 aromatic heterocycles. The van der Waals surface area contributed by atoms with E-state index >= 15 is 0 Å². The number of carboxylic acid groups (broad SMARTS) is 1. The Labute approximate surface area is 127 Å². The van der Waals surface area contributed by atoms with Crippen molar-refractivity contribution < 1.29 is 14.7 Å². The Bertz CT molecular complexity index is 555. The molecule has 0 bridgehead atoms. The smallest absolute Gasteiger partial charge is 0.307 e. The predicted molar refractivity (Wildman–Crippen MR) is 81.1 cm³/mol. The summed E-state index contributed by atoms with van der Waals surface area (Å²) in [5, 5.41) is 14.3. The summed E-state index contributed by atoms with van der Waals surface area (Å²) in [6.07, 6.45) is 1.23. The highest BCUT2D eigenvalue weighted by atomic mass is 32.1. The number of rotatable bonds is 3. The second-order valence-corrected chi connectivity index (χ2v) is 7.12. The van der Waals surface area contributed by atoms with Crippen LogP contribution >= 0.6 is 11.3 Å². The van der Waals surface area contributed by atoms with E-state index in [9.17, 15) is 14.7 Å². The van der Waals surface area contributed by atoms with Gasteiger partial charge in [0.25, 0.3) is 5.91 Å². The van der Waals surface area contributed by atoms with E-state index in [0.29, 0.717) is 23.7 Å². The number of hydrogen-bond donors (Lipinski definition) is 3. The normalized spacial score (nSPS) is 28.0. The SMILES string of the molecule is CC1C(NC(=O)c2csc(N)n2)CCC(C(=O)O)C1(C)C. The summed E-state index contributed by atoms with van der Waals surface area (Å²) in [5.41, 5.74) is 5.48. The number of anilines is 1. The lowest BCUT2D eigenvalue weighted by atomic mass is 9.61. The number of aliphatic carboxylic acids is 1. The lowest BCUT2D eigenvalue weighted by molar-refractivity contribution is -0.150. The highest BCUT2D eigenvalue weighted by molar-refractivity contribution is 7.13. The Morgan fingerprint density at radius 2 is 2.14 bits per heavy atom. The van der Waals surface area contributed by atoms with E-state index < -0.39 is 5.97 Å². The van der Waals surface area contributed by atoms with Gasteiger partial charge in [-0.3, -0.25) is 9.59 Å². The highest BCUT2D eigenvalue weighted by Crippen LogP contribution is 2.45. The van der Waals surface area contributed by atoms with Gasteiger partial charge in [-0.25, -0.2) is 4.98 Å². The molecule has 7 heteroatoms. The molecule has 21 heavy (non-hydrogen) atoms. The van der Waals surface area contributed by atoms with Crippen LogP contribution < -0.4 is 11.1 Å². The molecule has 6 nitrogen and oxygen atoms in total. The topological polar surface area (TPSA) is 105 Å². The molecule has 4 N–H and O–H groups in total. The standard InChI is InChI=1S/C14H21N3O3S/c1-7-9(5-4-8(12(19)20)14(7,2)3)16-11(18)10-6-21-13(15)17-10/h6-9H,4-5H2,1-3H3,(H2,15,17)(H,16,18)(H,19,20). The first kappa shape index (κ1) is 15.8. The van der Waals surface area contributed by atoms with Gasteiger partial charge in [-0.1, -0.05) is 20.8 Å². The molecule has 0 aliphatic heterocycles. The number of carbonyl (C=O) groups excluding carboxylic acids is 1. The second kappa shape index (κ2) is 5.63. The Balaban J connectivity index is 2.09. The number of nitrogen functional groups attached to an aromatic ring is 1. The Hall–Kier alpha value is -1.63. The maximum atomic E-state index is 12.2. The van der Waals surface area contributed by atoms with Gasteiger partial charge in [-0.15, -0.1) is 11.3 Å². The summed E-state index contributed by atoms with van der Waals surface area (Å²) in [7, 11) is 0. The highest BCUT2D eigenvalue weighted by Gasteiger charge is 2.46. The van der Waals surface area contributed by atoms with E-state index in [-0.39, 0.29) is 29.2 Å². The average molecular weight is 311 g/mol. The van der Waals surface area contributed by atoms with Crippen LogP contribution in [0.25, 0.3) is 0 Å². The maximum Gasteiger partial charge on any atom is 0.307 e. The molecule has 0 radical (unpaired) electrons. The van der Waals surface area contributed by atoms with Gasteiger partial charge in [0.1, 0.15) is 5.69 Å². The Kier molecular flexibility index (Phi) is 4.22. The van der Waals surface area contributed by atoms with E-state index in [1.807, 2.05) is 20.8 Å². The number of nitrogens with zero attached hydrogens (tertiary/aromatic N) is 1. The fraction of sp³-hybridized carbons (Fsp3) is 0.643. The molecule has 3 atom stereocenters. The van der Waals surface area contributed by atoms with Crippen molar-refractivity contribution >= 4 is 28.3 Å². The first-order valence-corrected chi connectivity index (χ1v) is 7.86. The minimum Gasteiger partial charge on any atom is -0.481 e. The number of nitrogens with two attached hydrogens (primary N) is 1. The van der Waals surface area contributed by atoms with Crippen molar-refractivity contribution in [2.24, 2.45) is 17.3 Å². The summed E-state index contributed by atoms with van der Waals surface area (Å²) in [6.45, 7) is 5.90. The summed E-state index contributed by atoms with van der Waals surface area (Å²) in [6, 6.07) is -0.0500. The van der Waals surface area contributed by atoms with Crippen molar-refractivity contribution in [3.63, 3.8) is 0 Å². The van der Waals surface area contributed by atoms with Gasteiger partial charge in [0.05, 0.1) is 5.92 Å². The Morgan fingerprint density at radius 1 is 1.48 bits per heavy atom. The second-order valence-electron chi connectivity index (χ2n) is 6.23. The average Bonchev–Trinajstić information content (AvgIpc) is 2.81. The molecule has 1 amide bonds. The summed E-state index contributed by atoms with van der Waals surface area (Å²) >= 11 is 1.23. The van der Waals surface area contributed by atoms with Crippen molar-refractivity contribution in [1.82, 2.24) is 10.3 Å². The van der Waals surface area contributed by atoms with Gasteiger partial charge in [-0.2, -0.15) is 0 Å². The zero-order chi connectivity index (χ0) is 15.8. The molecule has 1 aromatic rings. The molecular formula is C14H21N3O3S. The summed E-state index contributed by atoms with van der Waals surface area (Å²) < 4.78 is 0. The fourth-order valence-corrected chi connectivity index (χ4v) is 3.62. The molecule has 1 fully saturated rings. The van der Waals surface area contributed by atoms with E-state index in [0.717, 1.165) is 0 Å². The minimum absolute atomic E-state index is 0.0500. The number of amides is 1. The molecule has 1 aliphatic rings. The zero-order valence-electron chi connectivity index (χ0n) is 12.4. The van der Waals surface area contributed by atoms with Crippen LogP contribution in [0.2, 0.25) is 0 Å². The third kappa shape index (κ3) is 3.02. The van der Waals surface area contributed by atoms with Gasteiger partial charge in [0.15, 0.2) is 5.13 Å². The Morgan fingerprint density at radius 3 is 2.67 bits per heavy atom. The van der Waals surface area contributed by atoms with Crippen LogP contribution in [0, 0.1) is 17.3 Å². The quantitative estimate of drug-likeness (QED) is 0.791. The largest absolute Gasteiger partial charge is 0.481 e. The first-order chi connectivity index (χ1) is 9.73. The molecule has 0 saturated heterocycles. The van der Waals surface area contributed by atoms with Gasteiger partial charge in [-0.05, 0) is 24.2 Å². The van der Waals surface area contributed by atoms with Crippen molar-refractivity contribution in [3.05, 3.63) is 11.1 Å². The molecule has 0 aromatic carbocycles. The number of aromatic nitrogens is 1. The van der Waals surface area contributed by atoms with E-state index in [2.05, 4.69) is 10.3 Å². The van der Waals surface area contributed by atoms with E-state index in [1.54, 1.807) is 5.38 Å². The van der Waals surface area contributed by atoms with Crippen LogP contribution in [0.15, 0.2) is 5.38 Å². The first-order valence-electron chi connectivity index (χ1n) is 6.98. The summed E-state index contributed by atoms with van der Waals surface area (Å²) in [4.78, 5) is 27.5. The van der Waals surface area contributed by atoms with Gasteiger partial charge in [0.2, 0.25) is 0 Å². The van der Waals surface area contributed by atoms with Crippen LogP contribution in [0.3, 0.4) is 0 Å². The van der Waals surface area contributed by atoms with Crippen molar-refractivity contribution in [1.29, 1.82) is 0 Å². The van der Waals surface area contributed by atoms with Crippen molar-refractivity contribution in [3.8, 4) is 0 Å². The monoisotopic (exact) mass is 311 g/mol. The molecule has 0 spiro atoms. The lowest BCUT2D eigenvalue weighted by Crippen LogP contribution is -2.52. The molecule has 2 rings (SSSR count). The summed E-state index contributed by atoms with van der Waals surface area (Å²) in [5.74, 6) is -1.32. The van der Waals surface area contributed by atoms with Gasteiger partial charge < -0.3 is 16.2 Å². The molecule has 1 aliphatic carbocycles. The number of hydrogen-bond acceptors (Lipinski definition) is 5. The lowest BCUT2D eigenvalue weighted by Gasteiger charge is -2.46. The van der Waals surface area contributed by atoms with Crippen LogP contribution in [0.1, 0.15) is 44.1 Å². The van der Waals surface area contributed by atoms with Crippen LogP contribution in [-0.2, 0) is 4.79 Å². The van der Waals surface area contributed by atoms with Crippen LogP contribution in [0.4, 0.5) is 5.13 Å². The van der Waals surface area contributed by atoms with E-state index in [4.69, 9.17) is 5.73 Å². The molecule has 1 saturated carbocycles. The number of thiazole rings is 1. The molecule has 3 unspecified atom stereocenters. The van der Waals surface area contributed by atoms with Crippen molar-refractivity contribution in [2.45, 2.75) is 39.7 Å².